The molecule has 1 saturated heterocycles. The van der Waals surface area contributed by atoms with Crippen molar-refractivity contribution in [2.75, 3.05) is 6.61 Å². The number of halogens is 1. The van der Waals surface area contributed by atoms with Gasteiger partial charge in [-0.15, -0.1) is 0 Å². The largest absolute Gasteiger partial charge is 0.486 e. The fourth-order valence-corrected chi connectivity index (χ4v) is 1.90. The first-order valence-electron chi connectivity index (χ1n) is 5.75. The first kappa shape index (κ1) is 11.7. The van der Waals surface area contributed by atoms with Crippen LogP contribution in [-0.2, 0) is 4.74 Å². The Balaban J connectivity index is 2.08. The van der Waals surface area contributed by atoms with E-state index in [4.69, 9.17) is 21.1 Å². The van der Waals surface area contributed by atoms with Gasteiger partial charge < -0.3 is 9.47 Å². The van der Waals surface area contributed by atoms with Gasteiger partial charge in [0.05, 0.1) is 11.6 Å². The van der Waals surface area contributed by atoms with Gasteiger partial charge in [0.25, 0.3) is 0 Å². The molecule has 0 radical (unpaired) electrons. The lowest BCUT2D eigenvalue weighted by Gasteiger charge is -2.17. The molecule has 2 unspecified atom stereocenters. The van der Waals surface area contributed by atoms with Crippen LogP contribution in [0.15, 0.2) is 18.2 Å². The molecule has 1 aromatic rings. The molecule has 1 aliphatic heterocycles. The molecule has 2 rings (SSSR count). The van der Waals surface area contributed by atoms with Crippen molar-refractivity contribution in [2.45, 2.75) is 38.9 Å². The Morgan fingerprint density at radius 2 is 2.31 bits per heavy atom. The van der Waals surface area contributed by atoms with Gasteiger partial charge in [-0.1, -0.05) is 31.0 Å². The summed E-state index contributed by atoms with van der Waals surface area (Å²) in [5.41, 5.74) is 1.16. The molecule has 3 heteroatoms. The van der Waals surface area contributed by atoms with Crippen molar-refractivity contribution in [3.63, 3.8) is 0 Å². The van der Waals surface area contributed by atoms with Crippen LogP contribution in [0, 0.1) is 6.92 Å². The molecule has 0 amide bonds. The molecule has 1 heterocycles. The molecule has 0 spiro atoms. The number of hydrogen-bond donors (Lipinski definition) is 0. The summed E-state index contributed by atoms with van der Waals surface area (Å²) in [6.07, 6.45) is 2.50. The van der Waals surface area contributed by atoms with Gasteiger partial charge in [0.2, 0.25) is 0 Å². The minimum atomic E-state index is 0.143. The molecule has 2 atom stereocenters. The van der Waals surface area contributed by atoms with Crippen LogP contribution in [-0.4, -0.2) is 18.8 Å². The highest BCUT2D eigenvalue weighted by Crippen LogP contribution is 2.30. The molecule has 88 valence electrons. The van der Waals surface area contributed by atoms with E-state index >= 15 is 0 Å². The molecular formula is C13H17ClO2. The number of ether oxygens (including phenoxy) is 2. The highest BCUT2D eigenvalue weighted by atomic mass is 35.5. The van der Waals surface area contributed by atoms with Gasteiger partial charge in [-0.25, -0.2) is 0 Å². The smallest absolute Gasteiger partial charge is 0.138 e. The summed E-state index contributed by atoms with van der Waals surface area (Å²) in [5, 5.41) is 0.673. The summed E-state index contributed by atoms with van der Waals surface area (Å²) in [7, 11) is 0. The van der Waals surface area contributed by atoms with Gasteiger partial charge in [0.1, 0.15) is 18.0 Å². The molecule has 0 bridgehead atoms. The lowest BCUT2D eigenvalue weighted by atomic mass is 10.1. The van der Waals surface area contributed by atoms with Crippen LogP contribution >= 0.6 is 11.6 Å². The molecule has 16 heavy (non-hydrogen) atoms. The van der Waals surface area contributed by atoms with Crippen LogP contribution in [0.25, 0.3) is 0 Å². The van der Waals surface area contributed by atoms with Crippen LogP contribution < -0.4 is 4.74 Å². The Morgan fingerprint density at radius 3 is 2.94 bits per heavy atom. The molecule has 0 saturated carbocycles. The summed E-state index contributed by atoms with van der Waals surface area (Å²) < 4.78 is 11.2. The predicted octanol–water partition coefficient (Wildman–Crippen LogP) is 3.59. The van der Waals surface area contributed by atoms with Crippen LogP contribution in [0.5, 0.6) is 5.75 Å². The second kappa shape index (κ2) is 5.07. The SMILES string of the molecule is CCCC(Oc1cc(C)ccc1Cl)C1CO1. The average Bonchev–Trinajstić information content (AvgIpc) is 3.06. The summed E-state index contributed by atoms with van der Waals surface area (Å²) in [5.74, 6) is 0.774. The molecule has 2 nitrogen and oxygen atoms in total. The van der Waals surface area contributed by atoms with E-state index in [2.05, 4.69) is 6.92 Å². The summed E-state index contributed by atoms with van der Waals surface area (Å²) in [6.45, 7) is 5.00. The van der Waals surface area contributed by atoms with Crippen LogP contribution in [0.4, 0.5) is 0 Å². The highest BCUT2D eigenvalue weighted by Gasteiger charge is 2.34. The van der Waals surface area contributed by atoms with Crippen molar-refractivity contribution < 1.29 is 9.47 Å². The van der Waals surface area contributed by atoms with Crippen LogP contribution in [0.3, 0.4) is 0 Å². The maximum Gasteiger partial charge on any atom is 0.138 e. The zero-order valence-corrected chi connectivity index (χ0v) is 10.5. The minimum absolute atomic E-state index is 0.143. The fraction of sp³-hybridized carbons (Fsp3) is 0.538. The van der Waals surface area contributed by atoms with Gasteiger partial charge >= 0.3 is 0 Å². The Hall–Kier alpha value is -0.730. The Kier molecular flexibility index (Phi) is 3.72. The van der Waals surface area contributed by atoms with E-state index in [-0.39, 0.29) is 12.2 Å². The Bertz CT molecular complexity index is 361. The summed E-state index contributed by atoms with van der Waals surface area (Å²) in [6, 6.07) is 5.84. The molecule has 0 aromatic heterocycles. The maximum absolute atomic E-state index is 6.10. The van der Waals surface area contributed by atoms with Gasteiger partial charge in [0.15, 0.2) is 0 Å². The molecule has 1 aliphatic rings. The maximum atomic E-state index is 6.10. The lowest BCUT2D eigenvalue weighted by Crippen LogP contribution is -2.23. The predicted molar refractivity (Wildman–Crippen MR) is 65.3 cm³/mol. The van der Waals surface area contributed by atoms with E-state index in [9.17, 15) is 0 Å². The van der Waals surface area contributed by atoms with Gasteiger partial charge in [-0.05, 0) is 31.0 Å². The second-order valence-corrected chi connectivity index (χ2v) is 4.66. The quantitative estimate of drug-likeness (QED) is 0.734. The normalized spacial score (nSPS) is 20.6. The van der Waals surface area contributed by atoms with E-state index in [0.29, 0.717) is 5.02 Å². The van der Waals surface area contributed by atoms with Crippen LogP contribution in [0.2, 0.25) is 5.02 Å². The third kappa shape index (κ3) is 2.89. The minimum Gasteiger partial charge on any atom is -0.486 e. The summed E-state index contributed by atoms with van der Waals surface area (Å²) >= 11 is 6.10. The number of hydrogen-bond acceptors (Lipinski definition) is 2. The van der Waals surface area contributed by atoms with Crippen molar-refractivity contribution >= 4 is 11.6 Å². The number of benzene rings is 1. The first-order chi connectivity index (χ1) is 7.70. The second-order valence-electron chi connectivity index (χ2n) is 4.25. The van der Waals surface area contributed by atoms with E-state index in [0.717, 1.165) is 30.8 Å². The topological polar surface area (TPSA) is 21.8 Å². The van der Waals surface area contributed by atoms with E-state index in [1.54, 1.807) is 0 Å². The standard InChI is InChI=1S/C13H17ClO2/c1-3-4-11(13-8-15-13)16-12-7-9(2)5-6-10(12)14/h5-7,11,13H,3-4,8H2,1-2H3. The highest BCUT2D eigenvalue weighted by molar-refractivity contribution is 6.32. The van der Waals surface area contributed by atoms with Crippen molar-refractivity contribution in [1.29, 1.82) is 0 Å². The van der Waals surface area contributed by atoms with Crippen LogP contribution in [0.1, 0.15) is 25.3 Å². The van der Waals surface area contributed by atoms with E-state index in [1.165, 1.54) is 0 Å². The lowest BCUT2D eigenvalue weighted by molar-refractivity contribution is 0.149. The summed E-state index contributed by atoms with van der Waals surface area (Å²) in [4.78, 5) is 0. The van der Waals surface area contributed by atoms with Crippen molar-refractivity contribution in [1.82, 2.24) is 0 Å². The van der Waals surface area contributed by atoms with E-state index < -0.39 is 0 Å². The van der Waals surface area contributed by atoms with Crippen molar-refractivity contribution in [3.05, 3.63) is 28.8 Å². The Labute approximate surface area is 102 Å². The molecule has 0 N–H and O–H groups in total. The van der Waals surface area contributed by atoms with Gasteiger partial charge in [0, 0.05) is 0 Å². The average molecular weight is 241 g/mol. The fourth-order valence-electron chi connectivity index (χ4n) is 1.74. The van der Waals surface area contributed by atoms with Crippen molar-refractivity contribution in [2.24, 2.45) is 0 Å². The zero-order chi connectivity index (χ0) is 11.5. The number of aryl methyl sites for hydroxylation is 1. The number of rotatable bonds is 5. The third-order valence-electron chi connectivity index (χ3n) is 2.71. The van der Waals surface area contributed by atoms with E-state index in [1.807, 2.05) is 25.1 Å². The first-order valence-corrected chi connectivity index (χ1v) is 6.13. The van der Waals surface area contributed by atoms with Gasteiger partial charge in [-0.3, -0.25) is 0 Å². The molecule has 1 fully saturated rings. The third-order valence-corrected chi connectivity index (χ3v) is 3.02. The monoisotopic (exact) mass is 240 g/mol. The zero-order valence-electron chi connectivity index (χ0n) is 9.70. The Morgan fingerprint density at radius 1 is 1.56 bits per heavy atom. The van der Waals surface area contributed by atoms with Crippen molar-refractivity contribution in [3.8, 4) is 5.75 Å². The molecule has 0 aliphatic carbocycles. The molecule has 1 aromatic carbocycles. The van der Waals surface area contributed by atoms with Gasteiger partial charge in [-0.2, -0.15) is 0 Å². The number of epoxide rings is 1. The molecular weight excluding hydrogens is 224 g/mol.